The van der Waals surface area contributed by atoms with Crippen molar-refractivity contribution >= 4 is 23.2 Å². The maximum absolute atomic E-state index is 12.7. The summed E-state index contributed by atoms with van der Waals surface area (Å²) in [7, 11) is 0. The molecule has 1 amide bonds. The van der Waals surface area contributed by atoms with E-state index in [1.54, 1.807) is 19.1 Å². The predicted molar refractivity (Wildman–Crippen MR) is 135 cm³/mol. The molecule has 4 rings (SSSR count). The molecule has 2 aliphatic rings. The summed E-state index contributed by atoms with van der Waals surface area (Å²) >= 11 is 0. The average Bonchev–Trinajstić information content (AvgIpc) is 3.39. The van der Waals surface area contributed by atoms with Crippen LogP contribution < -0.4 is 11.1 Å². The summed E-state index contributed by atoms with van der Waals surface area (Å²) in [6.45, 7) is 6.85. The van der Waals surface area contributed by atoms with Crippen LogP contribution in [-0.2, 0) is 24.7 Å². The second-order valence-electron chi connectivity index (χ2n) is 11.6. The summed E-state index contributed by atoms with van der Waals surface area (Å²) in [6.07, 6.45) is 3.84. The van der Waals surface area contributed by atoms with Crippen LogP contribution >= 0.6 is 0 Å². The molecule has 1 saturated carbocycles. The number of anilines is 1. The zero-order valence-corrected chi connectivity index (χ0v) is 22.0. The van der Waals surface area contributed by atoms with E-state index in [-0.39, 0.29) is 12.5 Å². The smallest absolute Gasteiger partial charge is 0.323 e. The quantitative estimate of drug-likeness (QED) is 0.402. The molecule has 2 fully saturated rings. The summed E-state index contributed by atoms with van der Waals surface area (Å²) in [5.41, 5.74) is 5.09. The van der Waals surface area contributed by atoms with E-state index in [1.807, 2.05) is 20.8 Å². The van der Waals surface area contributed by atoms with Gasteiger partial charge in [0.2, 0.25) is 5.91 Å². The molecule has 0 radical (unpaired) electrons. The molecule has 204 valence electrons. The van der Waals surface area contributed by atoms with Gasteiger partial charge < -0.3 is 30.7 Å². The first kappa shape index (κ1) is 27.4. The van der Waals surface area contributed by atoms with Crippen LogP contribution in [-0.4, -0.2) is 67.6 Å². The average molecular weight is 518 g/mol. The number of amides is 1. The van der Waals surface area contributed by atoms with E-state index in [4.69, 9.17) is 15.2 Å². The Hall–Kier alpha value is -2.60. The van der Waals surface area contributed by atoms with E-state index >= 15 is 0 Å². The number of esters is 1. The highest BCUT2D eigenvalue weighted by Crippen LogP contribution is 2.40. The van der Waals surface area contributed by atoms with Crippen LogP contribution in [0, 0.1) is 11.3 Å². The number of nitrogens with one attached hydrogen (secondary N) is 1. The van der Waals surface area contributed by atoms with Crippen LogP contribution in [0.3, 0.4) is 0 Å². The summed E-state index contributed by atoms with van der Waals surface area (Å²) in [4.78, 5) is 29.3. The van der Waals surface area contributed by atoms with Crippen molar-refractivity contribution in [2.24, 2.45) is 17.1 Å². The fourth-order valence-corrected chi connectivity index (χ4v) is 5.18. The molecule has 5 N–H and O–H groups in total. The third kappa shape index (κ3) is 5.64. The van der Waals surface area contributed by atoms with Gasteiger partial charge in [0.05, 0.1) is 5.69 Å². The number of ether oxygens (including phenoxy) is 2. The van der Waals surface area contributed by atoms with Gasteiger partial charge in [-0.1, -0.05) is 40.0 Å². The van der Waals surface area contributed by atoms with Gasteiger partial charge in [0, 0.05) is 6.42 Å². The summed E-state index contributed by atoms with van der Waals surface area (Å²) in [6, 6.07) is 2.59. The summed E-state index contributed by atoms with van der Waals surface area (Å²) in [5.74, 6) is 0.0472. The van der Waals surface area contributed by atoms with Crippen LogP contribution in [0.25, 0.3) is 5.52 Å². The number of fused-ring (bicyclic) bond motifs is 1. The second kappa shape index (κ2) is 10.6. The lowest BCUT2D eigenvalue weighted by Gasteiger charge is -2.28. The van der Waals surface area contributed by atoms with Crippen LogP contribution in [0.1, 0.15) is 71.9 Å². The molecule has 0 bridgehead atoms. The van der Waals surface area contributed by atoms with Gasteiger partial charge in [0.15, 0.2) is 5.82 Å². The van der Waals surface area contributed by atoms with Crippen LogP contribution in [0.5, 0.6) is 0 Å². The minimum atomic E-state index is -1.37. The summed E-state index contributed by atoms with van der Waals surface area (Å²) in [5, 5.41) is 28.9. The Labute approximate surface area is 216 Å². The van der Waals surface area contributed by atoms with E-state index in [1.165, 1.54) is 17.3 Å². The lowest BCUT2D eigenvalue weighted by atomic mass is 9.87. The Bertz CT molecular complexity index is 1120. The number of aliphatic hydroxyl groups is 2. The number of carbonyl (C=O) groups is 2. The van der Waals surface area contributed by atoms with Crippen molar-refractivity contribution in [1.29, 1.82) is 0 Å². The first-order chi connectivity index (χ1) is 17.4. The standard InChI is InChI=1S/C26H39N5O6/c1-25(2,3)21(27)24(35)36-13-17-20(33)22(34)26(4,37-17)18-11-10-16-23(28-14-29-31(16)18)30-19(32)12-15-8-6-5-7-9-15/h10-11,14-15,17,20-22,33-34H,5-9,12-13,27H2,1-4H3,(H,28,29,30,32)/t17-,20-,21-,22-,26+/m1/s1. The molecular weight excluding hydrogens is 478 g/mol. The van der Waals surface area contributed by atoms with Crippen molar-refractivity contribution < 1.29 is 29.3 Å². The maximum atomic E-state index is 12.7. The van der Waals surface area contributed by atoms with Crippen molar-refractivity contribution in [2.45, 2.75) is 96.2 Å². The number of aliphatic hydroxyl groups excluding tert-OH is 2. The zero-order valence-electron chi connectivity index (χ0n) is 22.0. The SMILES string of the molecule is CC(C)(C)[C@H](N)C(=O)OC[C@H]1O[C@@](C)(c2ccc3c(NC(=O)CC4CCCCC4)ncnn23)[C@H](O)[C@@H]1O. The number of rotatable bonds is 7. The molecule has 37 heavy (non-hydrogen) atoms. The van der Waals surface area contributed by atoms with E-state index in [0.29, 0.717) is 29.4 Å². The van der Waals surface area contributed by atoms with Gasteiger partial charge in [-0.25, -0.2) is 9.50 Å². The van der Waals surface area contributed by atoms with E-state index < -0.39 is 41.3 Å². The Morgan fingerprint density at radius 1 is 1.27 bits per heavy atom. The maximum Gasteiger partial charge on any atom is 0.323 e. The molecule has 2 aromatic heterocycles. The van der Waals surface area contributed by atoms with Crippen LogP contribution in [0.15, 0.2) is 18.5 Å². The molecule has 5 atom stereocenters. The van der Waals surface area contributed by atoms with Gasteiger partial charge in [0.1, 0.15) is 48.4 Å². The van der Waals surface area contributed by atoms with Gasteiger partial charge in [-0.05, 0) is 43.2 Å². The van der Waals surface area contributed by atoms with Gasteiger partial charge in [0.25, 0.3) is 0 Å². The molecule has 2 aromatic rings. The molecule has 11 nitrogen and oxygen atoms in total. The third-order valence-electron chi connectivity index (χ3n) is 7.66. The monoisotopic (exact) mass is 517 g/mol. The third-order valence-corrected chi connectivity index (χ3v) is 7.66. The fraction of sp³-hybridized carbons (Fsp3) is 0.692. The molecule has 1 aliphatic carbocycles. The van der Waals surface area contributed by atoms with Gasteiger partial charge >= 0.3 is 5.97 Å². The minimum absolute atomic E-state index is 0.0932. The number of nitrogens with zero attached hydrogens (tertiary/aromatic N) is 3. The molecule has 0 unspecified atom stereocenters. The Morgan fingerprint density at radius 2 is 1.97 bits per heavy atom. The van der Waals surface area contributed by atoms with Crippen molar-refractivity contribution in [3.05, 3.63) is 24.2 Å². The molecule has 1 saturated heterocycles. The Kier molecular flexibility index (Phi) is 7.89. The van der Waals surface area contributed by atoms with Crippen LogP contribution in [0.4, 0.5) is 5.82 Å². The molecule has 3 heterocycles. The number of carbonyl (C=O) groups excluding carboxylic acids is 2. The van der Waals surface area contributed by atoms with E-state index in [0.717, 1.165) is 25.7 Å². The Morgan fingerprint density at radius 3 is 2.65 bits per heavy atom. The normalized spacial score (nSPS) is 27.8. The molecule has 11 heteroatoms. The first-order valence-electron chi connectivity index (χ1n) is 13.0. The lowest BCUT2D eigenvalue weighted by molar-refractivity contribution is -0.156. The number of aromatic nitrogens is 3. The molecule has 0 aromatic carbocycles. The molecule has 1 aliphatic heterocycles. The van der Waals surface area contributed by atoms with Gasteiger partial charge in [-0.2, -0.15) is 5.10 Å². The lowest BCUT2D eigenvalue weighted by Crippen LogP contribution is -2.44. The van der Waals surface area contributed by atoms with Gasteiger partial charge in [-0.3, -0.25) is 9.59 Å². The topological polar surface area (TPSA) is 161 Å². The highest BCUT2D eigenvalue weighted by atomic mass is 16.6. The minimum Gasteiger partial charge on any atom is -0.462 e. The van der Waals surface area contributed by atoms with Crippen molar-refractivity contribution in [3.63, 3.8) is 0 Å². The van der Waals surface area contributed by atoms with Crippen LogP contribution in [0.2, 0.25) is 0 Å². The fourth-order valence-electron chi connectivity index (χ4n) is 5.18. The zero-order chi connectivity index (χ0) is 27.0. The molecule has 0 spiro atoms. The predicted octanol–water partition coefficient (Wildman–Crippen LogP) is 1.89. The highest BCUT2D eigenvalue weighted by Gasteiger charge is 2.54. The summed E-state index contributed by atoms with van der Waals surface area (Å²) < 4.78 is 12.9. The van der Waals surface area contributed by atoms with Crippen molar-refractivity contribution in [2.75, 3.05) is 11.9 Å². The highest BCUT2D eigenvalue weighted by molar-refractivity contribution is 5.93. The van der Waals surface area contributed by atoms with E-state index in [2.05, 4.69) is 15.4 Å². The second-order valence-corrected chi connectivity index (χ2v) is 11.6. The van der Waals surface area contributed by atoms with Gasteiger partial charge in [-0.15, -0.1) is 0 Å². The Balaban J connectivity index is 1.49. The van der Waals surface area contributed by atoms with Crippen molar-refractivity contribution in [3.8, 4) is 0 Å². The van der Waals surface area contributed by atoms with Crippen molar-refractivity contribution in [1.82, 2.24) is 14.6 Å². The number of hydrogen-bond acceptors (Lipinski definition) is 9. The first-order valence-corrected chi connectivity index (χ1v) is 13.0. The number of nitrogens with two attached hydrogens (primary N) is 1. The largest absolute Gasteiger partial charge is 0.462 e. The number of hydrogen-bond donors (Lipinski definition) is 4. The van der Waals surface area contributed by atoms with E-state index in [9.17, 15) is 19.8 Å². The molecular formula is C26H39N5O6.